The third kappa shape index (κ3) is 16.2. The summed E-state index contributed by atoms with van der Waals surface area (Å²) in [6.07, 6.45) is 2.47. The van der Waals surface area contributed by atoms with E-state index in [1.807, 2.05) is 22.6 Å². The maximum absolute atomic E-state index is 9.73. The summed E-state index contributed by atoms with van der Waals surface area (Å²) in [5.74, 6) is -0.587. The first kappa shape index (κ1) is 24.8. The molecule has 0 saturated carbocycles. The monoisotopic (exact) mass is 362 g/mol. The molecule has 0 aliphatic rings. The molecule has 6 heteroatoms. The van der Waals surface area contributed by atoms with Gasteiger partial charge in [-0.2, -0.15) is 12.6 Å². The number of thiol groups is 1. The molecule has 0 fully saturated rings. The fourth-order valence-corrected chi connectivity index (χ4v) is 0.810. The Bertz CT molecular complexity index is 152. The van der Waals surface area contributed by atoms with Crippen LogP contribution >= 0.6 is 35.2 Å². The Labute approximate surface area is 116 Å². The molecule has 0 aromatic heterocycles. The van der Waals surface area contributed by atoms with Crippen LogP contribution in [0.1, 0.15) is 14.9 Å². The van der Waals surface area contributed by atoms with Gasteiger partial charge < -0.3 is 19.2 Å². The quantitative estimate of drug-likeness (QED) is 0.256. The number of hydrogen-bond acceptors (Lipinski definition) is 5. The molecule has 0 atom stereocenters. The summed E-state index contributed by atoms with van der Waals surface area (Å²) < 4.78 is 0.588. The molecule has 0 spiro atoms. The zero-order valence-electron chi connectivity index (χ0n) is 7.34. The zero-order valence-corrected chi connectivity index (χ0v) is 10.4. The van der Waals surface area contributed by atoms with Crippen molar-refractivity contribution in [3.8, 4) is 0 Å². The Morgan fingerprint density at radius 3 is 1.19 bits per heavy atom. The Morgan fingerprint density at radius 2 is 1.19 bits per heavy atom. The Kier molecular flexibility index (Phi) is 31.4. The van der Waals surface area contributed by atoms with Gasteiger partial charge in [-0.1, -0.05) is 37.4 Å². The minimum absolute atomic E-state index is 0. The van der Waals surface area contributed by atoms with Gasteiger partial charge in [-0.25, -0.2) is 0 Å². The van der Waals surface area contributed by atoms with E-state index in [1.165, 1.54) is 0 Å². The van der Waals surface area contributed by atoms with Gasteiger partial charge in [0.1, 0.15) is 25.1 Å². The van der Waals surface area contributed by atoms with E-state index in [9.17, 15) is 19.2 Å². The van der Waals surface area contributed by atoms with Gasteiger partial charge in [0.2, 0.25) is 0 Å². The summed E-state index contributed by atoms with van der Waals surface area (Å²) in [5.41, 5.74) is 0. The molecular weight excluding hydrogens is 343 g/mol. The predicted molar refractivity (Wildman–Crippen MR) is 77.4 cm³/mol. The molecule has 0 N–H and O–H groups in total. The fourth-order valence-electron chi connectivity index (χ4n) is 0.223. The molecule has 0 bridgehead atoms. The van der Waals surface area contributed by atoms with Gasteiger partial charge in [-0.15, -0.1) is 0 Å². The maximum Gasteiger partial charge on any atom is 0.130 e. The fraction of sp³-hybridized carbons (Fsp3) is 0.600. The van der Waals surface area contributed by atoms with Crippen LogP contribution in [0.15, 0.2) is 0 Å². The van der Waals surface area contributed by atoms with Gasteiger partial charge in [0.15, 0.2) is 0 Å². The summed E-state index contributed by atoms with van der Waals surface area (Å²) in [5, 5.41) is 0. The van der Waals surface area contributed by atoms with Crippen molar-refractivity contribution in [2.45, 2.75) is 14.9 Å². The van der Waals surface area contributed by atoms with Crippen LogP contribution in [0.3, 0.4) is 0 Å². The van der Waals surface area contributed by atoms with Crippen LogP contribution in [0.4, 0.5) is 0 Å². The topological polar surface area (TPSA) is 68.3 Å². The second-order valence-corrected chi connectivity index (χ2v) is 3.45. The van der Waals surface area contributed by atoms with E-state index < -0.39 is 5.92 Å². The Hall–Kier alpha value is -0.240. The average Bonchev–Trinajstić information content (AvgIpc) is 2.24. The molecule has 0 unspecified atom stereocenters. The summed E-state index contributed by atoms with van der Waals surface area (Å²) in [4.78, 5) is 38.8. The molecular formula is C10H19IO4S. The minimum Gasteiger partial charge on any atom is -0.303 e. The third-order valence-corrected chi connectivity index (χ3v) is 2.53. The lowest BCUT2D eigenvalue weighted by Crippen LogP contribution is -2.03. The maximum atomic E-state index is 9.73. The van der Waals surface area contributed by atoms with Crippen molar-refractivity contribution in [1.29, 1.82) is 0 Å². The second kappa shape index (κ2) is 20.2. The normalized spacial score (nSPS) is 7.75. The molecule has 0 radical (unpaired) electrons. The number of halogens is 1. The van der Waals surface area contributed by atoms with Gasteiger partial charge in [-0.3, -0.25) is 0 Å². The lowest BCUT2D eigenvalue weighted by atomic mass is 10.2. The van der Waals surface area contributed by atoms with Gasteiger partial charge in [0, 0.05) is 10.2 Å². The van der Waals surface area contributed by atoms with E-state index in [2.05, 4.69) is 12.6 Å². The molecule has 0 aliphatic heterocycles. The smallest absolute Gasteiger partial charge is 0.130 e. The molecule has 0 aromatic carbocycles. The minimum atomic E-state index is -0.511. The number of carbonyl (C=O) groups excluding carboxylic acids is 4. The van der Waals surface area contributed by atoms with Crippen molar-refractivity contribution in [3.63, 3.8) is 0 Å². The lowest BCUT2D eigenvalue weighted by Gasteiger charge is -1.88. The number of aldehydes is 4. The molecule has 0 rings (SSSR count). The standard InChI is InChI=1S/C4H5IO2.C4H6O2S.2CH4/c2*5-1-4(2-6)3-7;;/h2-4H,1H2;1-2,4,7H,3H2;2*1H4. The van der Waals surface area contributed by atoms with E-state index in [0.29, 0.717) is 35.3 Å². The summed E-state index contributed by atoms with van der Waals surface area (Å²) in [6.45, 7) is 0. The Balaban J connectivity index is -0.0000000800. The third-order valence-electron chi connectivity index (χ3n) is 1.09. The summed E-state index contributed by atoms with van der Waals surface area (Å²) in [6, 6.07) is 0. The van der Waals surface area contributed by atoms with Crippen molar-refractivity contribution in [2.24, 2.45) is 11.8 Å². The molecule has 0 saturated heterocycles. The van der Waals surface area contributed by atoms with Crippen molar-refractivity contribution >= 4 is 60.4 Å². The number of carbonyl (C=O) groups is 4. The lowest BCUT2D eigenvalue weighted by molar-refractivity contribution is -0.119. The summed E-state index contributed by atoms with van der Waals surface area (Å²) >= 11 is 5.70. The van der Waals surface area contributed by atoms with Gasteiger partial charge in [0.25, 0.3) is 0 Å². The van der Waals surface area contributed by atoms with Crippen LogP contribution in [0.5, 0.6) is 0 Å². The molecule has 16 heavy (non-hydrogen) atoms. The van der Waals surface area contributed by atoms with Crippen molar-refractivity contribution in [1.82, 2.24) is 0 Å². The average molecular weight is 362 g/mol. The van der Waals surface area contributed by atoms with Gasteiger partial charge in [-0.05, 0) is 0 Å². The van der Waals surface area contributed by atoms with Gasteiger partial charge >= 0.3 is 0 Å². The number of hydrogen-bond donors (Lipinski definition) is 1. The van der Waals surface area contributed by atoms with Crippen molar-refractivity contribution < 1.29 is 19.2 Å². The van der Waals surface area contributed by atoms with E-state index >= 15 is 0 Å². The number of rotatable bonds is 6. The highest BCUT2D eigenvalue weighted by molar-refractivity contribution is 14.1. The van der Waals surface area contributed by atoms with Crippen LogP contribution in [0, 0.1) is 11.8 Å². The van der Waals surface area contributed by atoms with Crippen LogP contribution < -0.4 is 0 Å². The first-order valence-electron chi connectivity index (χ1n) is 3.68. The van der Waals surface area contributed by atoms with Crippen molar-refractivity contribution in [3.05, 3.63) is 0 Å². The molecule has 96 valence electrons. The SMILES string of the molecule is C.C.O=CC(C=O)CI.O=CC(C=O)CS. The van der Waals surface area contributed by atoms with Crippen LogP contribution in [0.25, 0.3) is 0 Å². The second-order valence-electron chi connectivity index (χ2n) is 2.21. The molecule has 0 aromatic rings. The van der Waals surface area contributed by atoms with E-state index in [-0.39, 0.29) is 20.8 Å². The molecule has 0 aliphatic carbocycles. The highest BCUT2D eigenvalue weighted by Gasteiger charge is 1.99. The Morgan fingerprint density at radius 1 is 0.875 bits per heavy atom. The van der Waals surface area contributed by atoms with Crippen LogP contribution in [-0.2, 0) is 19.2 Å². The summed E-state index contributed by atoms with van der Waals surface area (Å²) in [7, 11) is 0. The van der Waals surface area contributed by atoms with E-state index in [4.69, 9.17) is 0 Å². The molecule has 4 nitrogen and oxygen atoms in total. The largest absolute Gasteiger partial charge is 0.303 e. The highest BCUT2D eigenvalue weighted by atomic mass is 127. The molecule has 0 amide bonds. The van der Waals surface area contributed by atoms with Gasteiger partial charge in [0.05, 0.1) is 11.8 Å². The van der Waals surface area contributed by atoms with Crippen LogP contribution in [0.2, 0.25) is 0 Å². The predicted octanol–water partition coefficient (Wildman–Crippen LogP) is 1.64. The van der Waals surface area contributed by atoms with E-state index in [0.717, 1.165) is 0 Å². The number of alkyl halides is 1. The van der Waals surface area contributed by atoms with E-state index in [1.54, 1.807) is 0 Å². The first-order valence-corrected chi connectivity index (χ1v) is 5.83. The first-order chi connectivity index (χ1) is 6.69. The van der Waals surface area contributed by atoms with Crippen LogP contribution in [-0.4, -0.2) is 35.3 Å². The zero-order chi connectivity index (χ0) is 11.4. The molecule has 0 heterocycles. The van der Waals surface area contributed by atoms with Crippen molar-refractivity contribution in [2.75, 3.05) is 10.2 Å². The highest BCUT2D eigenvalue weighted by Crippen LogP contribution is 1.91.